The number of amides is 1. The minimum Gasteiger partial charge on any atom is -0.273 e. The molecule has 0 aliphatic heterocycles. The summed E-state index contributed by atoms with van der Waals surface area (Å²) < 4.78 is 1.77. The molecule has 0 spiro atoms. The van der Waals surface area contributed by atoms with Gasteiger partial charge in [0.05, 0.1) is 12.4 Å². The molecule has 1 aliphatic carbocycles. The van der Waals surface area contributed by atoms with Crippen LogP contribution in [0.25, 0.3) is 0 Å². The first-order valence-corrected chi connectivity index (χ1v) is 5.00. The topological polar surface area (TPSA) is 59.3 Å². The second-order valence-electron chi connectivity index (χ2n) is 3.82. The highest BCUT2D eigenvalue weighted by Gasteiger charge is 2.29. The molecule has 0 atom stereocenters. The molecule has 15 heavy (non-hydrogen) atoms. The van der Waals surface area contributed by atoms with Gasteiger partial charge in [-0.3, -0.25) is 9.48 Å². The third kappa shape index (κ3) is 2.23. The van der Waals surface area contributed by atoms with Gasteiger partial charge in [-0.15, -0.1) is 0 Å². The molecular weight excluding hydrogens is 192 g/mol. The Labute approximate surface area is 88.2 Å². The lowest BCUT2D eigenvalue weighted by molar-refractivity contribution is -0.122. The summed E-state index contributed by atoms with van der Waals surface area (Å²) in [6, 6.07) is 0. The van der Waals surface area contributed by atoms with E-state index in [1.165, 1.54) is 0 Å². The molecule has 1 aromatic heterocycles. The molecule has 1 N–H and O–H groups in total. The van der Waals surface area contributed by atoms with Crippen LogP contribution in [0.3, 0.4) is 0 Å². The molecular formula is C10H14N4O. The quantitative estimate of drug-likeness (QED) is 0.581. The Morgan fingerprint density at radius 2 is 2.47 bits per heavy atom. The highest BCUT2D eigenvalue weighted by Crippen LogP contribution is 2.28. The van der Waals surface area contributed by atoms with E-state index in [9.17, 15) is 4.79 Å². The molecule has 80 valence electrons. The van der Waals surface area contributed by atoms with Crippen LogP contribution in [0.1, 0.15) is 24.1 Å². The molecule has 0 radical (unpaired) electrons. The van der Waals surface area contributed by atoms with Gasteiger partial charge >= 0.3 is 0 Å². The third-order valence-corrected chi connectivity index (χ3v) is 2.60. The molecule has 0 saturated heterocycles. The zero-order valence-electron chi connectivity index (χ0n) is 8.90. The van der Waals surface area contributed by atoms with E-state index in [1.54, 1.807) is 17.1 Å². The lowest BCUT2D eigenvalue weighted by Gasteiger charge is -1.95. The van der Waals surface area contributed by atoms with Crippen LogP contribution in [0.5, 0.6) is 0 Å². The molecule has 5 nitrogen and oxygen atoms in total. The van der Waals surface area contributed by atoms with Crippen molar-refractivity contribution in [2.45, 2.75) is 19.8 Å². The number of aromatic nitrogens is 2. The fourth-order valence-electron chi connectivity index (χ4n) is 1.24. The summed E-state index contributed by atoms with van der Waals surface area (Å²) >= 11 is 0. The van der Waals surface area contributed by atoms with E-state index in [0.29, 0.717) is 0 Å². The van der Waals surface area contributed by atoms with Crippen LogP contribution in [-0.4, -0.2) is 21.9 Å². The maximum Gasteiger partial charge on any atom is 0.243 e. The van der Waals surface area contributed by atoms with Crippen LogP contribution in [-0.2, 0) is 11.8 Å². The first kappa shape index (κ1) is 9.89. The largest absolute Gasteiger partial charge is 0.273 e. The SMILES string of the molecule is Cc1c(/C=N\NC(=O)C2CC2)cnn1C. The maximum atomic E-state index is 11.2. The fraction of sp³-hybridized carbons (Fsp3) is 0.500. The van der Waals surface area contributed by atoms with Crippen molar-refractivity contribution in [1.82, 2.24) is 15.2 Å². The molecule has 1 aliphatic rings. The molecule has 1 saturated carbocycles. The number of aryl methyl sites for hydroxylation is 1. The van der Waals surface area contributed by atoms with Gasteiger partial charge in [0.25, 0.3) is 0 Å². The summed E-state index contributed by atoms with van der Waals surface area (Å²) in [5.74, 6) is 0.213. The van der Waals surface area contributed by atoms with Gasteiger partial charge in [0.1, 0.15) is 0 Å². The zero-order valence-corrected chi connectivity index (χ0v) is 8.90. The van der Waals surface area contributed by atoms with E-state index < -0.39 is 0 Å². The number of hydrogen-bond donors (Lipinski definition) is 1. The minimum absolute atomic E-state index is 0.0211. The number of hydrazone groups is 1. The second kappa shape index (κ2) is 3.84. The van der Waals surface area contributed by atoms with Crippen LogP contribution < -0.4 is 5.43 Å². The summed E-state index contributed by atoms with van der Waals surface area (Å²) in [6.07, 6.45) is 5.34. The van der Waals surface area contributed by atoms with E-state index in [0.717, 1.165) is 24.1 Å². The summed E-state index contributed by atoms with van der Waals surface area (Å²) in [6.45, 7) is 1.96. The molecule has 1 heterocycles. The Hall–Kier alpha value is -1.65. The predicted octanol–water partition coefficient (Wildman–Crippen LogP) is 0.589. The van der Waals surface area contributed by atoms with Crippen molar-refractivity contribution in [3.05, 3.63) is 17.5 Å². The van der Waals surface area contributed by atoms with E-state index >= 15 is 0 Å². The van der Waals surface area contributed by atoms with Gasteiger partial charge in [-0.2, -0.15) is 10.2 Å². The Kier molecular flexibility index (Phi) is 2.53. The van der Waals surface area contributed by atoms with Crippen LogP contribution in [0.15, 0.2) is 11.3 Å². The lowest BCUT2D eigenvalue weighted by Crippen LogP contribution is -2.18. The van der Waals surface area contributed by atoms with Crippen molar-refractivity contribution in [2.24, 2.45) is 18.1 Å². The second-order valence-corrected chi connectivity index (χ2v) is 3.82. The number of hydrogen-bond acceptors (Lipinski definition) is 3. The van der Waals surface area contributed by atoms with Gasteiger partial charge < -0.3 is 0 Å². The molecule has 1 aromatic rings. The first-order valence-electron chi connectivity index (χ1n) is 5.00. The van der Waals surface area contributed by atoms with Crippen molar-refractivity contribution >= 4 is 12.1 Å². The summed E-state index contributed by atoms with van der Waals surface area (Å²) in [5.41, 5.74) is 4.47. The molecule has 0 unspecified atom stereocenters. The fourth-order valence-corrected chi connectivity index (χ4v) is 1.24. The summed E-state index contributed by atoms with van der Waals surface area (Å²) in [4.78, 5) is 11.2. The molecule has 1 amide bonds. The van der Waals surface area contributed by atoms with Crippen LogP contribution in [0.2, 0.25) is 0 Å². The van der Waals surface area contributed by atoms with Crippen molar-refractivity contribution in [3.8, 4) is 0 Å². The Balaban J connectivity index is 1.93. The van der Waals surface area contributed by atoms with Crippen molar-refractivity contribution in [3.63, 3.8) is 0 Å². The normalized spacial score (nSPS) is 15.9. The minimum atomic E-state index is 0.0211. The average Bonchev–Trinajstić information content (AvgIpc) is 3.00. The third-order valence-electron chi connectivity index (χ3n) is 2.60. The molecule has 0 aromatic carbocycles. The molecule has 2 rings (SSSR count). The van der Waals surface area contributed by atoms with Crippen molar-refractivity contribution < 1.29 is 4.79 Å². The molecule has 1 fully saturated rings. The summed E-state index contributed by atoms with van der Waals surface area (Å²) in [5, 5.41) is 7.97. The highest BCUT2D eigenvalue weighted by molar-refractivity contribution is 5.84. The number of rotatable bonds is 3. The molecule has 5 heteroatoms. The van der Waals surface area contributed by atoms with E-state index in [4.69, 9.17) is 0 Å². The average molecular weight is 206 g/mol. The predicted molar refractivity (Wildman–Crippen MR) is 56.4 cm³/mol. The monoisotopic (exact) mass is 206 g/mol. The van der Waals surface area contributed by atoms with E-state index in [2.05, 4.69) is 15.6 Å². The van der Waals surface area contributed by atoms with Gasteiger partial charge in [0.15, 0.2) is 0 Å². The highest BCUT2D eigenvalue weighted by atomic mass is 16.2. The van der Waals surface area contributed by atoms with Crippen LogP contribution in [0, 0.1) is 12.8 Å². The van der Waals surface area contributed by atoms with Crippen molar-refractivity contribution in [1.29, 1.82) is 0 Å². The van der Waals surface area contributed by atoms with Crippen LogP contribution >= 0.6 is 0 Å². The number of nitrogens with zero attached hydrogens (tertiary/aromatic N) is 3. The lowest BCUT2D eigenvalue weighted by atomic mass is 10.3. The van der Waals surface area contributed by atoms with Crippen LogP contribution in [0.4, 0.5) is 0 Å². The van der Waals surface area contributed by atoms with Gasteiger partial charge in [0, 0.05) is 24.2 Å². The maximum absolute atomic E-state index is 11.2. The number of carbonyl (C=O) groups excluding carboxylic acids is 1. The first-order chi connectivity index (χ1) is 7.18. The van der Waals surface area contributed by atoms with Gasteiger partial charge in [-0.1, -0.05) is 0 Å². The summed E-state index contributed by atoms with van der Waals surface area (Å²) in [7, 11) is 1.87. The molecule has 0 bridgehead atoms. The Morgan fingerprint density at radius 1 is 1.73 bits per heavy atom. The van der Waals surface area contributed by atoms with E-state index in [-0.39, 0.29) is 11.8 Å². The Bertz CT molecular complexity index is 404. The van der Waals surface area contributed by atoms with Gasteiger partial charge in [-0.25, -0.2) is 5.43 Å². The number of nitrogens with one attached hydrogen (secondary N) is 1. The zero-order chi connectivity index (χ0) is 10.8. The van der Waals surface area contributed by atoms with Crippen molar-refractivity contribution in [2.75, 3.05) is 0 Å². The van der Waals surface area contributed by atoms with E-state index in [1.807, 2.05) is 14.0 Å². The Morgan fingerprint density at radius 3 is 3.00 bits per heavy atom. The standard InChI is InChI=1S/C10H14N4O/c1-7-9(6-12-14(7)2)5-11-13-10(15)8-3-4-8/h5-6,8H,3-4H2,1-2H3,(H,13,15)/b11-5-. The number of carbonyl (C=O) groups is 1. The van der Waals surface area contributed by atoms with Gasteiger partial charge in [0.2, 0.25) is 5.91 Å². The smallest absolute Gasteiger partial charge is 0.243 e. The van der Waals surface area contributed by atoms with Gasteiger partial charge in [-0.05, 0) is 19.8 Å².